The van der Waals surface area contributed by atoms with Crippen molar-refractivity contribution in [2.75, 3.05) is 92.5 Å². The molecule has 0 saturated heterocycles. The summed E-state index contributed by atoms with van der Waals surface area (Å²) in [5.41, 5.74) is 0. The van der Waals surface area contributed by atoms with E-state index in [2.05, 4.69) is 0 Å². The zero-order chi connectivity index (χ0) is 23.0. The largest absolute Gasteiger partial charge is 0.379 e. The van der Waals surface area contributed by atoms with Crippen molar-refractivity contribution in [3.8, 4) is 0 Å². The Bertz CT molecular complexity index is 416. The molecule has 184 valence electrons. The summed E-state index contributed by atoms with van der Waals surface area (Å²) in [4.78, 5) is 22.1. The molecule has 9 heteroatoms. The number of rotatable bonds is 25. The van der Waals surface area contributed by atoms with Crippen molar-refractivity contribution in [1.29, 1.82) is 0 Å². The Hall–Kier alpha value is -0.940. The van der Waals surface area contributed by atoms with Crippen molar-refractivity contribution in [1.82, 2.24) is 0 Å². The molecular formula is C22H42O9. The Balaban J connectivity index is 3.06. The second kappa shape index (κ2) is 23.7. The van der Waals surface area contributed by atoms with E-state index in [4.69, 9.17) is 33.2 Å². The normalized spacial score (nSPS) is 11.4. The van der Waals surface area contributed by atoms with Crippen LogP contribution in [0.2, 0.25) is 0 Å². The van der Waals surface area contributed by atoms with Gasteiger partial charge in [0.25, 0.3) is 0 Å². The molecule has 0 aromatic carbocycles. The Morgan fingerprint density at radius 2 is 0.742 bits per heavy atom. The van der Waals surface area contributed by atoms with E-state index in [1.165, 1.54) is 0 Å². The fourth-order valence-corrected chi connectivity index (χ4v) is 2.10. The van der Waals surface area contributed by atoms with E-state index in [1.54, 1.807) is 6.92 Å². The highest BCUT2D eigenvalue weighted by atomic mass is 16.6. The maximum absolute atomic E-state index is 11.4. The summed E-state index contributed by atoms with van der Waals surface area (Å²) < 4.78 is 37.5. The standard InChI is InChI=1S/C22H42O9/c1-20(2)22(24)5-7-26-9-11-28-13-15-30-17-19-31-18-16-29-14-12-27-10-8-25-6-4-21(3)23/h20H,4-19H2,1-3H3. The van der Waals surface area contributed by atoms with E-state index in [1.807, 2.05) is 13.8 Å². The minimum absolute atomic E-state index is 0.0649. The van der Waals surface area contributed by atoms with Crippen LogP contribution < -0.4 is 0 Å². The number of Topliss-reactive ketones (excluding diaryl/α,β-unsaturated/α-hetero) is 2. The van der Waals surface area contributed by atoms with Crippen molar-refractivity contribution >= 4 is 11.6 Å². The second-order valence-corrected chi connectivity index (χ2v) is 7.11. The summed E-state index contributed by atoms with van der Waals surface area (Å²) in [6, 6.07) is 0. The fourth-order valence-electron chi connectivity index (χ4n) is 2.10. The third kappa shape index (κ3) is 25.2. The molecule has 9 nitrogen and oxygen atoms in total. The van der Waals surface area contributed by atoms with Gasteiger partial charge in [-0.2, -0.15) is 0 Å². The van der Waals surface area contributed by atoms with Crippen LogP contribution in [0.25, 0.3) is 0 Å². The predicted molar refractivity (Wildman–Crippen MR) is 115 cm³/mol. The summed E-state index contributed by atoms with van der Waals surface area (Å²) in [7, 11) is 0. The van der Waals surface area contributed by atoms with Gasteiger partial charge in [0, 0.05) is 18.8 Å². The molecule has 0 saturated carbocycles. The summed E-state index contributed by atoms with van der Waals surface area (Å²) in [6.07, 6.45) is 0.903. The molecule has 0 radical (unpaired) electrons. The molecule has 0 aromatic heterocycles. The van der Waals surface area contributed by atoms with Crippen molar-refractivity contribution in [2.24, 2.45) is 5.92 Å². The number of ether oxygens (including phenoxy) is 7. The molecule has 0 N–H and O–H groups in total. The van der Waals surface area contributed by atoms with Gasteiger partial charge in [0.05, 0.1) is 92.5 Å². The van der Waals surface area contributed by atoms with Crippen LogP contribution in [-0.2, 0) is 42.7 Å². The van der Waals surface area contributed by atoms with Crippen LogP contribution in [-0.4, -0.2) is 104 Å². The predicted octanol–water partition coefficient (Wildman–Crippen LogP) is 1.70. The lowest BCUT2D eigenvalue weighted by Gasteiger charge is -2.08. The van der Waals surface area contributed by atoms with Crippen LogP contribution in [0.15, 0.2) is 0 Å². The van der Waals surface area contributed by atoms with Gasteiger partial charge < -0.3 is 33.2 Å². The van der Waals surface area contributed by atoms with Gasteiger partial charge in [-0.1, -0.05) is 13.8 Å². The molecule has 0 aliphatic carbocycles. The maximum Gasteiger partial charge on any atom is 0.137 e. The van der Waals surface area contributed by atoms with Gasteiger partial charge in [-0.15, -0.1) is 0 Å². The van der Waals surface area contributed by atoms with E-state index in [9.17, 15) is 9.59 Å². The van der Waals surface area contributed by atoms with Crippen LogP contribution in [0.4, 0.5) is 0 Å². The molecule has 0 aliphatic rings. The highest BCUT2D eigenvalue weighted by molar-refractivity contribution is 5.80. The fraction of sp³-hybridized carbons (Fsp3) is 0.909. The van der Waals surface area contributed by atoms with Gasteiger partial charge in [-0.25, -0.2) is 0 Å². The van der Waals surface area contributed by atoms with Gasteiger partial charge in [0.2, 0.25) is 0 Å². The number of carbonyl (C=O) groups excluding carboxylic acids is 2. The number of ketones is 2. The minimum atomic E-state index is 0.0649. The Kier molecular flexibility index (Phi) is 23.0. The van der Waals surface area contributed by atoms with Crippen molar-refractivity contribution in [3.05, 3.63) is 0 Å². The average Bonchev–Trinajstić information content (AvgIpc) is 2.73. The first kappa shape index (κ1) is 30.1. The summed E-state index contributed by atoms with van der Waals surface area (Å²) in [5.74, 6) is 0.412. The van der Waals surface area contributed by atoms with E-state index < -0.39 is 0 Å². The van der Waals surface area contributed by atoms with Gasteiger partial charge in [0.15, 0.2) is 0 Å². The van der Waals surface area contributed by atoms with Gasteiger partial charge in [-0.05, 0) is 6.92 Å². The zero-order valence-corrected chi connectivity index (χ0v) is 19.6. The molecular weight excluding hydrogens is 408 g/mol. The summed E-state index contributed by atoms with van der Waals surface area (Å²) in [5, 5.41) is 0. The lowest BCUT2D eigenvalue weighted by Crippen LogP contribution is -2.15. The molecule has 0 heterocycles. The third-order valence-electron chi connectivity index (χ3n) is 3.97. The zero-order valence-electron chi connectivity index (χ0n) is 19.6. The molecule has 0 aromatic rings. The van der Waals surface area contributed by atoms with E-state index >= 15 is 0 Å². The van der Waals surface area contributed by atoms with Crippen LogP contribution >= 0.6 is 0 Å². The number of hydrogen-bond acceptors (Lipinski definition) is 9. The third-order valence-corrected chi connectivity index (χ3v) is 3.97. The van der Waals surface area contributed by atoms with Gasteiger partial charge in [-0.3, -0.25) is 9.59 Å². The molecule has 0 spiro atoms. The quantitative estimate of drug-likeness (QED) is 0.192. The number of carbonyl (C=O) groups is 2. The molecule has 0 rings (SSSR count). The SMILES string of the molecule is CC(=O)CCOCCOCCOCCOCCOCCOCCOCCC(=O)C(C)C. The van der Waals surface area contributed by atoms with Gasteiger partial charge in [0.1, 0.15) is 11.6 Å². The highest BCUT2D eigenvalue weighted by Crippen LogP contribution is 1.98. The average molecular weight is 451 g/mol. The molecule has 0 atom stereocenters. The summed E-state index contributed by atoms with van der Waals surface area (Å²) in [6.45, 7) is 12.2. The van der Waals surface area contributed by atoms with Gasteiger partial charge >= 0.3 is 0 Å². The van der Waals surface area contributed by atoms with Crippen molar-refractivity contribution in [3.63, 3.8) is 0 Å². The van der Waals surface area contributed by atoms with E-state index in [-0.39, 0.29) is 17.5 Å². The molecule has 0 fully saturated rings. The minimum Gasteiger partial charge on any atom is -0.379 e. The highest BCUT2D eigenvalue weighted by Gasteiger charge is 2.06. The Labute approximate surface area is 187 Å². The van der Waals surface area contributed by atoms with Crippen LogP contribution in [0.3, 0.4) is 0 Å². The Morgan fingerprint density at radius 3 is 1.00 bits per heavy atom. The summed E-state index contributed by atoms with van der Waals surface area (Å²) >= 11 is 0. The lowest BCUT2D eigenvalue weighted by molar-refractivity contribution is -0.123. The van der Waals surface area contributed by atoms with E-state index in [0.29, 0.717) is 105 Å². The lowest BCUT2D eigenvalue weighted by atomic mass is 10.1. The molecule has 0 aliphatic heterocycles. The molecule has 0 unspecified atom stereocenters. The topological polar surface area (TPSA) is 98.8 Å². The van der Waals surface area contributed by atoms with E-state index in [0.717, 1.165) is 0 Å². The monoisotopic (exact) mass is 450 g/mol. The smallest absolute Gasteiger partial charge is 0.137 e. The van der Waals surface area contributed by atoms with Crippen molar-refractivity contribution in [2.45, 2.75) is 33.6 Å². The second-order valence-electron chi connectivity index (χ2n) is 7.11. The number of hydrogen-bond donors (Lipinski definition) is 0. The van der Waals surface area contributed by atoms with Crippen LogP contribution in [0.5, 0.6) is 0 Å². The molecule has 0 bridgehead atoms. The van der Waals surface area contributed by atoms with Crippen LogP contribution in [0.1, 0.15) is 33.6 Å². The molecule has 31 heavy (non-hydrogen) atoms. The Morgan fingerprint density at radius 1 is 0.484 bits per heavy atom. The molecule has 0 amide bonds. The first-order valence-electron chi connectivity index (χ1n) is 11.1. The first-order chi connectivity index (χ1) is 15.0. The first-order valence-corrected chi connectivity index (χ1v) is 11.1. The maximum atomic E-state index is 11.4. The van der Waals surface area contributed by atoms with Crippen LogP contribution in [0, 0.1) is 5.92 Å². The van der Waals surface area contributed by atoms with Crippen molar-refractivity contribution < 1.29 is 42.7 Å².